The number of pyridine rings is 1. The highest BCUT2D eigenvalue weighted by Crippen LogP contribution is 2.15. The van der Waals surface area contributed by atoms with Gasteiger partial charge in [0.25, 0.3) is 0 Å². The van der Waals surface area contributed by atoms with Gasteiger partial charge in [-0.15, -0.1) is 0 Å². The Morgan fingerprint density at radius 3 is 2.86 bits per heavy atom. The largest absolute Gasteiger partial charge is 0.381 e. The maximum absolute atomic E-state index is 5.14. The fourth-order valence-corrected chi connectivity index (χ4v) is 1.45. The lowest BCUT2D eigenvalue weighted by Crippen LogP contribution is -2.18. The summed E-state index contributed by atoms with van der Waals surface area (Å²) in [4.78, 5) is 4.29. The molecule has 0 aromatic carbocycles. The van der Waals surface area contributed by atoms with Gasteiger partial charge in [0.05, 0.1) is 17.5 Å². The molecule has 1 unspecified atom stereocenters. The predicted octanol–water partition coefficient (Wildman–Crippen LogP) is 2.60. The van der Waals surface area contributed by atoms with Crippen LogP contribution in [0.15, 0.2) is 16.7 Å². The summed E-state index contributed by atoms with van der Waals surface area (Å²) in [5, 5.41) is 3.28. The summed E-state index contributed by atoms with van der Waals surface area (Å²) in [6.45, 7) is 4.79. The van der Waals surface area contributed by atoms with Crippen LogP contribution in [0, 0.1) is 6.92 Å². The first-order valence-corrected chi connectivity index (χ1v) is 5.32. The average Bonchev–Trinajstić information content (AvgIpc) is 2.16. The summed E-state index contributed by atoms with van der Waals surface area (Å²) in [5.41, 5.74) is 2.04. The molecule has 1 heterocycles. The van der Waals surface area contributed by atoms with Crippen molar-refractivity contribution < 1.29 is 4.74 Å². The fourth-order valence-electron chi connectivity index (χ4n) is 1.05. The number of aromatic nitrogens is 1. The van der Waals surface area contributed by atoms with E-state index in [1.165, 1.54) is 0 Å². The Hall–Kier alpha value is -0.610. The topological polar surface area (TPSA) is 34.1 Å². The second-order valence-corrected chi connectivity index (χ2v) is 4.01. The highest BCUT2D eigenvalue weighted by molar-refractivity contribution is 9.10. The summed E-state index contributed by atoms with van der Waals surface area (Å²) < 4.78 is 6.00. The normalized spacial score (nSPS) is 12.6. The fraction of sp³-hybridized carbons (Fsp3) is 0.500. The first kappa shape index (κ1) is 11.5. The maximum Gasteiger partial charge on any atom is 0.106 e. The molecule has 0 saturated heterocycles. The van der Waals surface area contributed by atoms with Crippen molar-refractivity contribution in [3.63, 3.8) is 0 Å². The molecule has 4 heteroatoms. The summed E-state index contributed by atoms with van der Waals surface area (Å²) in [6.07, 6.45) is 0.207. The summed E-state index contributed by atoms with van der Waals surface area (Å²) in [5.74, 6) is 0. The monoisotopic (exact) mass is 258 g/mol. The Bertz CT molecular complexity index is 304. The number of nitrogens with one attached hydrogen (secondary N) is 1. The van der Waals surface area contributed by atoms with E-state index in [-0.39, 0.29) is 6.10 Å². The van der Waals surface area contributed by atoms with Crippen LogP contribution in [0.25, 0.3) is 0 Å². The first-order valence-electron chi connectivity index (χ1n) is 4.53. The predicted molar refractivity (Wildman–Crippen MR) is 61.6 cm³/mol. The van der Waals surface area contributed by atoms with Gasteiger partial charge < -0.3 is 10.1 Å². The Kier molecular flexibility index (Phi) is 4.35. The number of rotatable bonds is 4. The third-order valence-electron chi connectivity index (χ3n) is 2.03. The van der Waals surface area contributed by atoms with Crippen LogP contribution in [0.1, 0.15) is 12.6 Å². The molecule has 0 amide bonds. The molecule has 0 spiro atoms. The number of nitrogens with zero attached hydrogens (tertiary/aromatic N) is 1. The van der Waals surface area contributed by atoms with Crippen LogP contribution in [0.4, 0.5) is 5.69 Å². The SMILES string of the molecule is COC(C)CNc1ccc(Br)nc1C. The highest BCUT2D eigenvalue weighted by atomic mass is 79.9. The van der Waals surface area contributed by atoms with Gasteiger partial charge in [-0.2, -0.15) is 0 Å². The van der Waals surface area contributed by atoms with Crippen LogP contribution in [0.2, 0.25) is 0 Å². The van der Waals surface area contributed by atoms with Crippen molar-refractivity contribution in [1.29, 1.82) is 0 Å². The second-order valence-electron chi connectivity index (χ2n) is 3.19. The van der Waals surface area contributed by atoms with Crippen LogP contribution < -0.4 is 5.32 Å². The molecule has 0 aliphatic heterocycles. The minimum atomic E-state index is 0.207. The molecule has 3 nitrogen and oxygen atoms in total. The van der Waals surface area contributed by atoms with E-state index in [1.807, 2.05) is 26.0 Å². The lowest BCUT2D eigenvalue weighted by Gasteiger charge is -2.13. The molecule has 1 N–H and O–H groups in total. The molecule has 1 atom stereocenters. The number of halogens is 1. The second kappa shape index (κ2) is 5.32. The third-order valence-corrected chi connectivity index (χ3v) is 2.48. The number of hydrogen-bond donors (Lipinski definition) is 1. The lowest BCUT2D eigenvalue weighted by molar-refractivity contribution is 0.129. The number of methoxy groups -OCH3 is 1. The van der Waals surface area contributed by atoms with Gasteiger partial charge >= 0.3 is 0 Å². The molecule has 1 aromatic rings. The van der Waals surface area contributed by atoms with Crippen LogP contribution >= 0.6 is 15.9 Å². The Balaban J connectivity index is 2.59. The maximum atomic E-state index is 5.14. The first-order chi connectivity index (χ1) is 6.63. The standard InChI is InChI=1S/C10H15BrN2O/c1-7(14-3)6-12-9-4-5-10(11)13-8(9)2/h4-5,7,12H,6H2,1-3H3. The highest BCUT2D eigenvalue weighted by Gasteiger charge is 2.02. The molecule has 0 radical (unpaired) electrons. The van der Waals surface area contributed by atoms with E-state index in [1.54, 1.807) is 7.11 Å². The molecule has 14 heavy (non-hydrogen) atoms. The van der Waals surface area contributed by atoms with Crippen LogP contribution in [0.3, 0.4) is 0 Å². The molecule has 0 bridgehead atoms. The van der Waals surface area contributed by atoms with Gasteiger partial charge in [-0.1, -0.05) is 0 Å². The molecule has 0 aliphatic rings. The van der Waals surface area contributed by atoms with E-state index in [4.69, 9.17) is 4.74 Å². The lowest BCUT2D eigenvalue weighted by atomic mass is 10.3. The van der Waals surface area contributed by atoms with Crippen molar-refractivity contribution in [3.8, 4) is 0 Å². The molecule has 1 aromatic heterocycles. The Morgan fingerprint density at radius 2 is 2.29 bits per heavy atom. The quantitative estimate of drug-likeness (QED) is 0.844. The van der Waals surface area contributed by atoms with E-state index in [0.717, 1.165) is 22.5 Å². The molecule has 0 aliphatic carbocycles. The minimum absolute atomic E-state index is 0.207. The zero-order valence-corrected chi connectivity index (χ0v) is 10.3. The van der Waals surface area contributed by atoms with Gasteiger partial charge in [0, 0.05) is 13.7 Å². The van der Waals surface area contributed by atoms with Gasteiger partial charge in [0.1, 0.15) is 4.60 Å². The zero-order valence-electron chi connectivity index (χ0n) is 8.67. The van der Waals surface area contributed by atoms with Crippen molar-refractivity contribution >= 4 is 21.6 Å². The smallest absolute Gasteiger partial charge is 0.106 e. The molecule has 1 rings (SSSR count). The number of ether oxygens (including phenoxy) is 1. The van der Waals surface area contributed by atoms with Crippen LogP contribution in [-0.4, -0.2) is 24.7 Å². The third kappa shape index (κ3) is 3.27. The number of anilines is 1. The van der Waals surface area contributed by atoms with Crippen LogP contribution in [-0.2, 0) is 4.74 Å². The van der Waals surface area contributed by atoms with E-state index < -0.39 is 0 Å². The molecular weight excluding hydrogens is 244 g/mol. The van der Waals surface area contributed by atoms with Gasteiger partial charge in [-0.25, -0.2) is 4.98 Å². The van der Waals surface area contributed by atoms with E-state index >= 15 is 0 Å². The van der Waals surface area contributed by atoms with Gasteiger partial charge in [0.15, 0.2) is 0 Å². The van der Waals surface area contributed by atoms with E-state index in [0.29, 0.717) is 0 Å². The Labute approximate surface area is 93.0 Å². The van der Waals surface area contributed by atoms with Crippen molar-refractivity contribution in [1.82, 2.24) is 4.98 Å². The van der Waals surface area contributed by atoms with E-state index in [2.05, 4.69) is 26.2 Å². The molecule has 78 valence electrons. The van der Waals surface area contributed by atoms with Crippen LogP contribution in [0.5, 0.6) is 0 Å². The van der Waals surface area contributed by atoms with Crippen molar-refractivity contribution in [2.75, 3.05) is 19.0 Å². The Morgan fingerprint density at radius 1 is 1.57 bits per heavy atom. The summed E-state index contributed by atoms with van der Waals surface area (Å²) >= 11 is 3.33. The minimum Gasteiger partial charge on any atom is -0.381 e. The number of aryl methyl sites for hydroxylation is 1. The molecule has 0 fully saturated rings. The van der Waals surface area contributed by atoms with Crippen molar-refractivity contribution in [2.45, 2.75) is 20.0 Å². The van der Waals surface area contributed by atoms with Crippen molar-refractivity contribution in [2.24, 2.45) is 0 Å². The zero-order chi connectivity index (χ0) is 10.6. The van der Waals surface area contributed by atoms with E-state index in [9.17, 15) is 0 Å². The van der Waals surface area contributed by atoms with Gasteiger partial charge in [-0.05, 0) is 41.9 Å². The summed E-state index contributed by atoms with van der Waals surface area (Å²) in [6, 6.07) is 3.93. The molecular formula is C10H15BrN2O. The van der Waals surface area contributed by atoms with Gasteiger partial charge in [0.2, 0.25) is 0 Å². The summed E-state index contributed by atoms with van der Waals surface area (Å²) in [7, 11) is 1.71. The number of hydrogen-bond acceptors (Lipinski definition) is 3. The average molecular weight is 259 g/mol. The van der Waals surface area contributed by atoms with Gasteiger partial charge in [-0.3, -0.25) is 0 Å². The molecule has 0 saturated carbocycles. The van der Waals surface area contributed by atoms with Crippen molar-refractivity contribution in [3.05, 3.63) is 22.4 Å².